The predicted molar refractivity (Wildman–Crippen MR) is 486 cm³/mol. The van der Waals surface area contributed by atoms with Crippen LogP contribution in [0.3, 0.4) is 0 Å². The second kappa shape index (κ2) is 58.6. The van der Waals surface area contributed by atoms with Crippen LogP contribution in [-0.2, 0) is 40.9 Å². The van der Waals surface area contributed by atoms with Gasteiger partial charge in [0.2, 0.25) is 0 Å². The number of urea groups is 4. The number of nitrogens with one attached hydrogen (secondary N) is 8. The molecule has 3 aliphatic rings. The highest BCUT2D eigenvalue weighted by molar-refractivity contribution is 6.36. The summed E-state index contributed by atoms with van der Waals surface area (Å²) in [6, 6.07) is 29.2. The van der Waals surface area contributed by atoms with Gasteiger partial charge in [-0.2, -0.15) is 9.98 Å². The lowest BCUT2D eigenvalue weighted by Gasteiger charge is -2.30. The molecule has 5 aromatic rings. The molecule has 1 spiro atoms. The van der Waals surface area contributed by atoms with E-state index in [2.05, 4.69) is 135 Å². The van der Waals surface area contributed by atoms with Crippen LogP contribution < -0.4 is 52.0 Å². The molecule has 4 heterocycles. The van der Waals surface area contributed by atoms with Crippen LogP contribution in [0, 0.1) is 0 Å². The first kappa shape index (κ1) is 95.2. The summed E-state index contributed by atoms with van der Waals surface area (Å²) >= 11 is 0. The number of rotatable bonds is 64. The number of nitrogens with zero attached hydrogens (tertiary/aromatic N) is 4. The molecule has 20 nitrogen and oxygen atoms in total. The van der Waals surface area contributed by atoms with E-state index in [1.54, 1.807) is 0 Å². The molecule has 0 saturated heterocycles. The normalized spacial score (nSPS) is 12.9. The van der Waals surface area contributed by atoms with Crippen LogP contribution in [-0.4, -0.2) is 124 Å². The fourth-order valence-electron chi connectivity index (χ4n) is 16.1. The van der Waals surface area contributed by atoms with E-state index in [1.807, 2.05) is 24.3 Å². The number of imidazole rings is 1. The van der Waals surface area contributed by atoms with Crippen molar-refractivity contribution in [3.8, 4) is 45.4 Å². The van der Waals surface area contributed by atoms with Crippen molar-refractivity contribution in [3.05, 3.63) is 113 Å². The largest absolute Gasteiger partial charge is 0.494 e. The molecule has 20 heteroatoms. The van der Waals surface area contributed by atoms with E-state index >= 15 is 0 Å². The second-order valence-electron chi connectivity index (χ2n) is 33.2. The summed E-state index contributed by atoms with van der Waals surface area (Å²) in [5.41, 5.74) is 9.56. The standard InChI is InChI=1S/C98H154N12O8/c1-5-9-13-17-21-25-29-33-37-41-65-99-94(111)103-69-45-73-115-85-61-57-83(58-62-85)89-90(84-59-63-86(64-60-84)116-74-46-70-104-95(112)100-66-42-38-34-30-26-22-18-14-10-6-2)110-91(107-89)87-77-79-49-50-80-52-54-82(56-55-81(87)53-51-79)88(78-80)98(110)108-92(117-75-47-71-105-96(113)101-67-43-39-35-31-27-23-19-15-11-7-3)93(109-98)118-76-48-72-106-97(114)102-68-44-40-36-32-28-24-20-16-12-8-4/h51-54,57-64,77-78H,5-50,55-56,65-76H2,1-4H3,(H2,99,103,111)(H2,100,104,112)(H2,101,105,113)(H2,102,106,114). The fraction of sp³-hybridized carbons (Fsp3) is 0.663. The number of fused-ring (bicyclic) bond motifs is 2. The molecule has 8 amide bonds. The van der Waals surface area contributed by atoms with Gasteiger partial charge < -0.3 is 61.5 Å². The Morgan fingerprint density at radius 3 is 0.975 bits per heavy atom. The molecule has 118 heavy (non-hydrogen) atoms. The Balaban J connectivity index is 1.03. The van der Waals surface area contributed by atoms with E-state index in [4.69, 9.17) is 33.9 Å². The minimum Gasteiger partial charge on any atom is -0.494 e. The molecule has 4 bridgehead atoms. The lowest BCUT2D eigenvalue weighted by molar-refractivity contribution is 0.236. The Labute approximate surface area is 710 Å². The third kappa shape index (κ3) is 35.6. The molecule has 0 saturated carbocycles. The average Bonchev–Trinajstić information content (AvgIpc) is 1.54. The number of amides is 8. The number of aryl methyl sites for hydroxylation is 4. The zero-order valence-corrected chi connectivity index (χ0v) is 73.6. The summed E-state index contributed by atoms with van der Waals surface area (Å²) in [5, 5.41) is 24.4. The van der Waals surface area contributed by atoms with Gasteiger partial charge in [-0.15, -0.1) is 0 Å². The number of benzene rings is 4. The van der Waals surface area contributed by atoms with Gasteiger partial charge in [-0.1, -0.05) is 283 Å². The molecular weight excluding hydrogens is 1470 g/mol. The SMILES string of the molecule is CCCCCCCCCCCCNC(=O)NCCCOC1=NC2(N=C1OCCCNC(=O)NCCCCCCCCCCCC)c1cc3ccc1CCc1ccc(cc1-c1nc(-c4ccc(OCCCNC(=O)NCCCCCCCCCCCC)cc4)c(-c4ccc(OCCCNC(=O)NCCCCCCCCCCCC)cc4)n12)CC3. The monoisotopic (exact) mass is 1630 g/mol. The quantitative estimate of drug-likeness (QED) is 0.0172. The Morgan fingerprint density at radius 2 is 0.619 bits per heavy atom. The highest BCUT2D eigenvalue weighted by atomic mass is 16.5. The van der Waals surface area contributed by atoms with Crippen molar-refractivity contribution in [2.24, 2.45) is 9.98 Å². The number of carbonyl (C=O) groups excluding carboxylic acids is 4. The van der Waals surface area contributed by atoms with Crippen LogP contribution in [0.2, 0.25) is 0 Å². The van der Waals surface area contributed by atoms with Crippen molar-refractivity contribution in [2.45, 2.75) is 342 Å². The maximum absolute atomic E-state index is 13.2. The summed E-state index contributed by atoms with van der Waals surface area (Å²) in [7, 11) is 0. The van der Waals surface area contributed by atoms with Gasteiger partial charge in [-0.3, -0.25) is 4.57 Å². The van der Waals surface area contributed by atoms with Gasteiger partial charge in [-0.05, 0) is 160 Å². The molecule has 0 unspecified atom stereocenters. The Hall–Kier alpha value is -8.29. The maximum atomic E-state index is 13.2. The molecule has 0 atom stereocenters. The molecule has 8 rings (SSSR count). The van der Waals surface area contributed by atoms with Gasteiger partial charge in [0.15, 0.2) is 0 Å². The molecule has 3 aliphatic heterocycles. The number of carbonyl (C=O) groups is 4. The Morgan fingerprint density at radius 1 is 0.322 bits per heavy atom. The minimum atomic E-state index is -1.59. The fourth-order valence-corrected chi connectivity index (χ4v) is 16.1. The van der Waals surface area contributed by atoms with Crippen LogP contribution in [0.4, 0.5) is 19.2 Å². The zero-order chi connectivity index (χ0) is 83.0. The number of ether oxygens (including phenoxy) is 4. The highest BCUT2D eigenvalue weighted by Crippen LogP contribution is 2.49. The summed E-state index contributed by atoms with van der Waals surface area (Å²) in [6.07, 6.45) is 54.9. The van der Waals surface area contributed by atoms with Crippen molar-refractivity contribution in [1.29, 1.82) is 0 Å². The molecular formula is C98H154N12O8. The van der Waals surface area contributed by atoms with Crippen LogP contribution >= 0.6 is 0 Å². The van der Waals surface area contributed by atoms with Crippen LogP contribution in [0.15, 0.2) is 94.9 Å². The van der Waals surface area contributed by atoms with Crippen LogP contribution in [0.25, 0.3) is 33.9 Å². The van der Waals surface area contributed by atoms with Crippen molar-refractivity contribution in [3.63, 3.8) is 0 Å². The van der Waals surface area contributed by atoms with E-state index < -0.39 is 5.79 Å². The van der Waals surface area contributed by atoms with E-state index in [9.17, 15) is 19.2 Å². The maximum Gasteiger partial charge on any atom is 0.314 e. The van der Waals surface area contributed by atoms with Crippen LogP contribution in [0.1, 0.15) is 338 Å². The first-order chi connectivity index (χ1) is 58.1. The summed E-state index contributed by atoms with van der Waals surface area (Å²) < 4.78 is 28.8. The summed E-state index contributed by atoms with van der Waals surface area (Å²) in [6.45, 7) is 14.5. The minimum absolute atomic E-state index is 0.147. The molecule has 4 aromatic carbocycles. The van der Waals surface area contributed by atoms with Crippen molar-refractivity contribution in [2.75, 3.05) is 78.8 Å². The van der Waals surface area contributed by atoms with Crippen molar-refractivity contribution in [1.82, 2.24) is 52.1 Å². The summed E-state index contributed by atoms with van der Waals surface area (Å²) in [4.78, 5) is 69.6. The Kier molecular flexibility index (Phi) is 47.3. The lowest BCUT2D eigenvalue weighted by atomic mass is 9.90. The van der Waals surface area contributed by atoms with Crippen molar-refractivity contribution >= 4 is 35.9 Å². The van der Waals surface area contributed by atoms with E-state index in [1.165, 1.54) is 211 Å². The second-order valence-corrected chi connectivity index (χ2v) is 33.2. The lowest BCUT2D eigenvalue weighted by Crippen LogP contribution is -2.37. The van der Waals surface area contributed by atoms with Gasteiger partial charge >= 0.3 is 24.1 Å². The third-order valence-electron chi connectivity index (χ3n) is 23.2. The number of unbranched alkanes of at least 4 members (excludes halogenated alkanes) is 36. The first-order valence-electron chi connectivity index (χ1n) is 47.5. The van der Waals surface area contributed by atoms with Gasteiger partial charge in [0, 0.05) is 74.6 Å². The molecule has 0 radical (unpaired) electrons. The highest BCUT2D eigenvalue weighted by Gasteiger charge is 2.48. The Bertz CT molecular complexity index is 3610. The average molecular weight is 1630 g/mol. The zero-order valence-electron chi connectivity index (χ0n) is 73.6. The molecule has 1 aromatic heterocycles. The summed E-state index contributed by atoms with van der Waals surface area (Å²) in [5.74, 6) is 0.914. The number of hydrogen-bond donors (Lipinski definition) is 8. The van der Waals surface area contributed by atoms with E-state index in [-0.39, 0.29) is 49.1 Å². The number of hydrogen-bond acceptors (Lipinski definition) is 11. The molecule has 0 fully saturated rings. The third-order valence-corrected chi connectivity index (χ3v) is 23.2. The predicted octanol–water partition coefficient (Wildman–Crippen LogP) is 22.8. The van der Waals surface area contributed by atoms with Crippen molar-refractivity contribution < 1.29 is 38.1 Å². The van der Waals surface area contributed by atoms with Gasteiger partial charge in [0.25, 0.3) is 17.6 Å². The molecule has 8 N–H and O–H groups in total. The smallest absolute Gasteiger partial charge is 0.314 e. The van der Waals surface area contributed by atoms with Gasteiger partial charge in [-0.25, -0.2) is 24.2 Å². The molecule has 654 valence electrons. The van der Waals surface area contributed by atoms with E-state index in [0.29, 0.717) is 121 Å². The topological polar surface area (TPSA) is 244 Å². The van der Waals surface area contributed by atoms with Gasteiger partial charge in [0.05, 0.1) is 37.8 Å². The molecule has 0 aliphatic carbocycles. The first-order valence-corrected chi connectivity index (χ1v) is 47.5. The van der Waals surface area contributed by atoms with E-state index in [0.717, 1.165) is 115 Å². The van der Waals surface area contributed by atoms with Gasteiger partial charge in [0.1, 0.15) is 17.3 Å². The number of aliphatic imine (C=N–C) groups is 2. The number of aromatic nitrogens is 2. The van der Waals surface area contributed by atoms with Crippen LogP contribution in [0.5, 0.6) is 11.5 Å².